The number of allylic oxidation sites excluding steroid dienone is 5. The van der Waals surface area contributed by atoms with Crippen molar-refractivity contribution in [3.63, 3.8) is 0 Å². The van der Waals surface area contributed by atoms with Crippen LogP contribution in [0, 0.1) is 0 Å². The van der Waals surface area contributed by atoms with Crippen LogP contribution < -0.4 is 5.32 Å². The Labute approximate surface area is 408 Å². The molecular weight excluding hydrogens is 795 g/mol. The first-order chi connectivity index (χ1) is 32.2. The standard InChI is InChI=1S/C61H117NO3/c1-3-5-7-9-11-13-15-17-19-21-23-25-27-28-29-30-31-32-33-35-36-38-40-42-44-46-48-50-52-54-56-60(64)59(58-63)62-61(65)57-55-53-51-49-47-45-43-41-39-37-34-26-24-22-20-18-16-14-12-10-8-6-4-2/h38,40,46,48,54,56,59-60,63-64H,3-37,39,41-45,47,49-53,55,57-58H2,1-2H3,(H,62,65)/b40-38+,48-46+,56-54+. The molecule has 0 aromatic rings. The van der Waals surface area contributed by atoms with Crippen molar-refractivity contribution in [2.24, 2.45) is 0 Å². The minimum absolute atomic E-state index is 0.0716. The highest BCUT2D eigenvalue weighted by atomic mass is 16.3. The fraction of sp³-hybridized carbons (Fsp3) is 0.885. The van der Waals surface area contributed by atoms with Gasteiger partial charge in [-0.2, -0.15) is 0 Å². The van der Waals surface area contributed by atoms with Gasteiger partial charge >= 0.3 is 0 Å². The van der Waals surface area contributed by atoms with E-state index in [4.69, 9.17) is 0 Å². The molecular formula is C61H117NO3. The molecule has 0 aliphatic carbocycles. The van der Waals surface area contributed by atoms with E-state index in [0.717, 1.165) is 38.5 Å². The van der Waals surface area contributed by atoms with E-state index in [0.29, 0.717) is 6.42 Å². The quantitative estimate of drug-likeness (QED) is 0.0421. The summed E-state index contributed by atoms with van der Waals surface area (Å²) in [5.74, 6) is -0.0716. The molecule has 0 aromatic carbocycles. The number of rotatable bonds is 55. The first-order valence-electron chi connectivity index (χ1n) is 29.7. The van der Waals surface area contributed by atoms with Gasteiger partial charge in [0.15, 0.2) is 0 Å². The number of aliphatic hydroxyl groups is 2. The third kappa shape index (κ3) is 53.4. The van der Waals surface area contributed by atoms with Gasteiger partial charge in [-0.1, -0.05) is 314 Å². The van der Waals surface area contributed by atoms with E-state index in [9.17, 15) is 15.0 Å². The smallest absolute Gasteiger partial charge is 0.220 e. The van der Waals surface area contributed by atoms with Gasteiger partial charge in [-0.05, 0) is 44.9 Å². The van der Waals surface area contributed by atoms with Crippen LogP contribution in [-0.2, 0) is 4.79 Å². The Kier molecular flexibility index (Phi) is 55.7. The number of unbranched alkanes of at least 4 members (excludes halogenated alkanes) is 44. The number of carbonyl (C=O) groups is 1. The molecule has 0 heterocycles. The SMILES string of the molecule is CCCCCCCCCCCCCCCCCCCCCC/C=C/CC/C=C/CC/C=C/C(O)C(CO)NC(=O)CCCCCCCCCCCCCCCCCCCCCCCCC. The van der Waals surface area contributed by atoms with E-state index >= 15 is 0 Å². The maximum Gasteiger partial charge on any atom is 0.220 e. The molecule has 0 spiro atoms. The van der Waals surface area contributed by atoms with E-state index in [-0.39, 0.29) is 12.5 Å². The molecule has 0 saturated heterocycles. The molecule has 0 radical (unpaired) electrons. The molecule has 384 valence electrons. The second-order valence-corrected chi connectivity index (χ2v) is 20.4. The van der Waals surface area contributed by atoms with Gasteiger partial charge in [0.05, 0.1) is 18.8 Å². The van der Waals surface area contributed by atoms with Crippen LogP contribution in [0.2, 0.25) is 0 Å². The van der Waals surface area contributed by atoms with Crippen molar-refractivity contribution >= 4 is 5.91 Å². The van der Waals surface area contributed by atoms with E-state index in [1.54, 1.807) is 6.08 Å². The third-order valence-electron chi connectivity index (χ3n) is 13.9. The zero-order chi connectivity index (χ0) is 47.0. The van der Waals surface area contributed by atoms with Crippen molar-refractivity contribution in [2.45, 2.75) is 341 Å². The molecule has 0 aromatic heterocycles. The molecule has 0 saturated carbocycles. The minimum atomic E-state index is -0.869. The molecule has 3 N–H and O–H groups in total. The van der Waals surface area contributed by atoms with Gasteiger partial charge in [0.1, 0.15) is 0 Å². The van der Waals surface area contributed by atoms with E-state index in [1.807, 2.05) is 6.08 Å². The van der Waals surface area contributed by atoms with Gasteiger partial charge in [-0.3, -0.25) is 4.79 Å². The van der Waals surface area contributed by atoms with Gasteiger partial charge in [0, 0.05) is 6.42 Å². The summed E-state index contributed by atoms with van der Waals surface area (Å²) in [6.45, 7) is 4.33. The molecule has 2 unspecified atom stereocenters. The van der Waals surface area contributed by atoms with Crippen molar-refractivity contribution in [2.75, 3.05) is 6.61 Å². The molecule has 0 bridgehead atoms. The van der Waals surface area contributed by atoms with Crippen LogP contribution in [0.1, 0.15) is 328 Å². The van der Waals surface area contributed by atoms with Gasteiger partial charge < -0.3 is 15.5 Å². The van der Waals surface area contributed by atoms with Crippen molar-refractivity contribution in [3.05, 3.63) is 36.5 Å². The van der Waals surface area contributed by atoms with Crippen LogP contribution in [0.3, 0.4) is 0 Å². The molecule has 0 aliphatic rings. The first-order valence-corrected chi connectivity index (χ1v) is 29.7. The van der Waals surface area contributed by atoms with Crippen molar-refractivity contribution < 1.29 is 15.0 Å². The molecule has 65 heavy (non-hydrogen) atoms. The number of carbonyl (C=O) groups excluding carboxylic acids is 1. The molecule has 4 nitrogen and oxygen atoms in total. The highest BCUT2D eigenvalue weighted by Crippen LogP contribution is 2.18. The molecule has 0 rings (SSSR count). The van der Waals surface area contributed by atoms with Crippen LogP contribution in [0.4, 0.5) is 0 Å². The molecule has 1 amide bonds. The van der Waals surface area contributed by atoms with E-state index < -0.39 is 12.1 Å². The summed E-state index contributed by atoms with van der Waals surface area (Å²) in [6, 6.07) is -0.644. The van der Waals surface area contributed by atoms with Crippen LogP contribution >= 0.6 is 0 Å². The second-order valence-electron chi connectivity index (χ2n) is 20.4. The Morgan fingerprint density at radius 2 is 0.600 bits per heavy atom. The fourth-order valence-electron chi connectivity index (χ4n) is 9.33. The van der Waals surface area contributed by atoms with E-state index in [1.165, 1.54) is 270 Å². The Balaban J connectivity index is 3.51. The highest BCUT2D eigenvalue weighted by Gasteiger charge is 2.18. The number of aliphatic hydroxyl groups excluding tert-OH is 2. The van der Waals surface area contributed by atoms with Crippen LogP contribution in [0.15, 0.2) is 36.5 Å². The normalized spacial score (nSPS) is 13.0. The Bertz CT molecular complexity index is 989. The summed E-state index contributed by atoms with van der Waals surface area (Å²) < 4.78 is 0. The van der Waals surface area contributed by atoms with Gasteiger partial charge in [0.2, 0.25) is 5.91 Å². The summed E-state index contributed by atoms with van der Waals surface area (Å²) in [5.41, 5.74) is 0. The summed E-state index contributed by atoms with van der Waals surface area (Å²) in [5, 5.41) is 23.2. The van der Waals surface area contributed by atoms with Gasteiger partial charge in [-0.25, -0.2) is 0 Å². The van der Waals surface area contributed by atoms with Gasteiger partial charge in [-0.15, -0.1) is 0 Å². The van der Waals surface area contributed by atoms with Crippen molar-refractivity contribution in [1.82, 2.24) is 5.32 Å². The van der Waals surface area contributed by atoms with Crippen LogP contribution in [0.5, 0.6) is 0 Å². The Morgan fingerprint density at radius 1 is 0.354 bits per heavy atom. The maximum atomic E-state index is 12.5. The van der Waals surface area contributed by atoms with E-state index in [2.05, 4.69) is 43.5 Å². The zero-order valence-electron chi connectivity index (χ0n) is 44.3. The summed E-state index contributed by atoms with van der Waals surface area (Å²) in [7, 11) is 0. The van der Waals surface area contributed by atoms with Crippen LogP contribution in [0.25, 0.3) is 0 Å². The topological polar surface area (TPSA) is 69.6 Å². The highest BCUT2D eigenvalue weighted by molar-refractivity contribution is 5.76. The largest absolute Gasteiger partial charge is 0.394 e. The van der Waals surface area contributed by atoms with Crippen LogP contribution in [-0.4, -0.2) is 34.9 Å². The second kappa shape index (κ2) is 56.9. The molecule has 0 fully saturated rings. The number of nitrogens with one attached hydrogen (secondary N) is 1. The molecule has 0 aliphatic heterocycles. The number of hydrogen-bond donors (Lipinski definition) is 3. The summed E-state index contributed by atoms with van der Waals surface area (Å²) in [6.07, 6.45) is 77.6. The first kappa shape index (κ1) is 63.6. The Hall–Kier alpha value is -1.39. The Morgan fingerprint density at radius 3 is 0.892 bits per heavy atom. The predicted molar refractivity (Wildman–Crippen MR) is 290 cm³/mol. The van der Waals surface area contributed by atoms with Crippen molar-refractivity contribution in [3.8, 4) is 0 Å². The van der Waals surface area contributed by atoms with Gasteiger partial charge in [0.25, 0.3) is 0 Å². The molecule has 4 heteroatoms. The lowest BCUT2D eigenvalue weighted by atomic mass is 10.0. The fourth-order valence-corrected chi connectivity index (χ4v) is 9.33. The average Bonchev–Trinajstić information content (AvgIpc) is 3.31. The number of amides is 1. The maximum absolute atomic E-state index is 12.5. The summed E-state index contributed by atoms with van der Waals surface area (Å²) in [4.78, 5) is 12.5. The average molecular weight is 913 g/mol. The molecule has 2 atom stereocenters. The number of hydrogen-bond acceptors (Lipinski definition) is 3. The lowest BCUT2D eigenvalue weighted by Gasteiger charge is -2.19. The zero-order valence-corrected chi connectivity index (χ0v) is 44.3. The predicted octanol–water partition coefficient (Wildman–Crippen LogP) is 19.6. The monoisotopic (exact) mass is 912 g/mol. The third-order valence-corrected chi connectivity index (χ3v) is 13.9. The lowest BCUT2D eigenvalue weighted by Crippen LogP contribution is -2.45. The van der Waals surface area contributed by atoms with Crippen molar-refractivity contribution in [1.29, 1.82) is 0 Å². The minimum Gasteiger partial charge on any atom is -0.394 e. The lowest BCUT2D eigenvalue weighted by molar-refractivity contribution is -0.123. The summed E-state index contributed by atoms with van der Waals surface area (Å²) >= 11 is 0.